The minimum Gasteiger partial charge on any atom is -0.465 e. The average Bonchev–Trinajstić information content (AvgIpc) is 2.38. The quantitative estimate of drug-likeness (QED) is 0.817. The molecule has 0 saturated heterocycles. The number of rotatable bonds is 2. The van der Waals surface area contributed by atoms with Gasteiger partial charge in [-0.2, -0.15) is 0 Å². The van der Waals surface area contributed by atoms with Gasteiger partial charge in [0.2, 0.25) is 5.91 Å². The molecule has 6 nitrogen and oxygen atoms in total. The van der Waals surface area contributed by atoms with Crippen LogP contribution in [0.4, 0.5) is 11.5 Å². The number of carbonyl (C=O) groups is 2. The first-order valence-electron chi connectivity index (χ1n) is 6.13. The molecule has 0 aliphatic carbocycles. The lowest BCUT2D eigenvalue weighted by Crippen LogP contribution is -2.50. The van der Waals surface area contributed by atoms with E-state index >= 15 is 0 Å². The number of carbonyl (C=O) groups excluding carboxylic acids is 2. The molecular weight excluding hydrogens is 246 g/mol. The van der Waals surface area contributed by atoms with Gasteiger partial charge in [0.05, 0.1) is 18.4 Å². The third-order valence-corrected chi connectivity index (χ3v) is 3.14. The maximum absolute atomic E-state index is 11.9. The number of hydrogen-bond donors (Lipinski definition) is 1. The summed E-state index contributed by atoms with van der Waals surface area (Å²) in [5, 5.41) is 2.76. The fraction of sp³-hybridized carbons (Fsp3) is 0.462. The van der Waals surface area contributed by atoms with Gasteiger partial charge in [0.15, 0.2) is 5.82 Å². The van der Waals surface area contributed by atoms with E-state index in [-0.39, 0.29) is 18.0 Å². The van der Waals surface area contributed by atoms with Crippen LogP contribution in [0, 0.1) is 0 Å². The molecular formula is C13H17N3O3. The second-order valence-electron chi connectivity index (χ2n) is 4.75. The molecule has 0 saturated carbocycles. The smallest absolute Gasteiger partial charge is 0.339 e. The zero-order valence-electron chi connectivity index (χ0n) is 11.4. The Kier molecular flexibility index (Phi) is 3.42. The van der Waals surface area contributed by atoms with E-state index in [1.165, 1.54) is 13.3 Å². The summed E-state index contributed by atoms with van der Waals surface area (Å²) >= 11 is 0. The van der Waals surface area contributed by atoms with Gasteiger partial charge < -0.3 is 15.0 Å². The second-order valence-corrected chi connectivity index (χ2v) is 4.75. The topological polar surface area (TPSA) is 71.5 Å². The van der Waals surface area contributed by atoms with E-state index in [0.29, 0.717) is 17.1 Å². The van der Waals surface area contributed by atoms with Crippen LogP contribution in [0.2, 0.25) is 0 Å². The fourth-order valence-electron chi connectivity index (χ4n) is 2.22. The normalized spacial score (nSPS) is 18.1. The highest BCUT2D eigenvalue weighted by Crippen LogP contribution is 2.32. The Balaban J connectivity index is 2.48. The van der Waals surface area contributed by atoms with Crippen LogP contribution in [0.15, 0.2) is 12.3 Å². The predicted octanol–water partition coefficient (Wildman–Crippen LogP) is 1.42. The molecule has 19 heavy (non-hydrogen) atoms. The summed E-state index contributed by atoms with van der Waals surface area (Å²) in [4.78, 5) is 29.6. The van der Waals surface area contributed by atoms with Crippen LogP contribution in [-0.4, -0.2) is 36.1 Å². The summed E-state index contributed by atoms with van der Waals surface area (Å²) in [6.45, 7) is 5.82. The van der Waals surface area contributed by atoms with Crippen molar-refractivity contribution in [1.82, 2.24) is 4.98 Å². The van der Waals surface area contributed by atoms with Gasteiger partial charge in [-0.15, -0.1) is 0 Å². The molecule has 1 N–H and O–H groups in total. The van der Waals surface area contributed by atoms with E-state index in [9.17, 15) is 9.59 Å². The minimum absolute atomic E-state index is 0.106. The van der Waals surface area contributed by atoms with Crippen LogP contribution in [0.1, 0.15) is 31.1 Å². The number of fused-ring (bicyclic) bond motifs is 1. The number of ether oxygens (including phenoxy) is 1. The molecule has 0 bridgehead atoms. The lowest BCUT2D eigenvalue weighted by molar-refractivity contribution is -0.117. The molecule has 1 amide bonds. The number of hydrogen-bond acceptors (Lipinski definition) is 5. The molecule has 1 aliphatic rings. The molecule has 6 heteroatoms. The van der Waals surface area contributed by atoms with Crippen LogP contribution in [0.5, 0.6) is 0 Å². The Labute approximate surface area is 111 Å². The van der Waals surface area contributed by atoms with E-state index in [1.54, 1.807) is 6.07 Å². The van der Waals surface area contributed by atoms with Gasteiger partial charge in [0, 0.05) is 12.2 Å². The van der Waals surface area contributed by atoms with Crippen molar-refractivity contribution >= 4 is 23.4 Å². The number of nitrogens with one attached hydrogen (secondary N) is 1. The van der Waals surface area contributed by atoms with Crippen LogP contribution >= 0.6 is 0 Å². The van der Waals surface area contributed by atoms with E-state index < -0.39 is 5.97 Å². The van der Waals surface area contributed by atoms with Crippen LogP contribution in [-0.2, 0) is 9.53 Å². The summed E-state index contributed by atoms with van der Waals surface area (Å²) < 4.78 is 4.64. The van der Waals surface area contributed by atoms with Crippen molar-refractivity contribution in [2.45, 2.75) is 32.9 Å². The standard InChI is InChI=1S/C13H17N3O3/c1-7(2)16-8(3)12(17)15-10-5-9(13(18)19-4)6-14-11(10)16/h5-8H,1-4H3,(H,15,17). The van der Waals surface area contributed by atoms with Crippen molar-refractivity contribution in [3.63, 3.8) is 0 Å². The highest BCUT2D eigenvalue weighted by Gasteiger charge is 2.32. The van der Waals surface area contributed by atoms with Gasteiger partial charge in [-0.3, -0.25) is 4.79 Å². The monoisotopic (exact) mass is 263 g/mol. The zero-order chi connectivity index (χ0) is 14.2. The number of nitrogens with zero attached hydrogens (tertiary/aromatic N) is 2. The molecule has 1 aromatic heterocycles. The van der Waals surface area contributed by atoms with E-state index in [0.717, 1.165) is 0 Å². The Morgan fingerprint density at radius 2 is 2.21 bits per heavy atom. The predicted molar refractivity (Wildman–Crippen MR) is 71.3 cm³/mol. The number of amides is 1. The Morgan fingerprint density at radius 3 is 2.79 bits per heavy atom. The van der Waals surface area contributed by atoms with Gasteiger partial charge in [0.25, 0.3) is 0 Å². The SMILES string of the molecule is COC(=O)c1cnc2c(c1)NC(=O)C(C)N2C(C)C. The molecule has 1 unspecified atom stereocenters. The summed E-state index contributed by atoms with van der Waals surface area (Å²) in [5.41, 5.74) is 0.861. The van der Waals surface area contributed by atoms with E-state index in [4.69, 9.17) is 0 Å². The van der Waals surface area contributed by atoms with Crippen LogP contribution in [0.3, 0.4) is 0 Å². The number of pyridine rings is 1. The molecule has 102 valence electrons. The molecule has 2 heterocycles. The number of esters is 1. The van der Waals surface area contributed by atoms with Gasteiger partial charge in [0.1, 0.15) is 6.04 Å². The van der Waals surface area contributed by atoms with Crippen LogP contribution in [0.25, 0.3) is 0 Å². The zero-order valence-corrected chi connectivity index (χ0v) is 11.4. The summed E-state index contributed by atoms with van der Waals surface area (Å²) in [5.74, 6) is 0.0963. The average molecular weight is 263 g/mol. The lowest BCUT2D eigenvalue weighted by Gasteiger charge is -2.38. The van der Waals surface area contributed by atoms with Gasteiger partial charge >= 0.3 is 5.97 Å². The summed E-state index contributed by atoms with van der Waals surface area (Å²) in [6.07, 6.45) is 1.46. The number of anilines is 2. The van der Waals surface area contributed by atoms with Crippen molar-refractivity contribution in [3.8, 4) is 0 Å². The molecule has 0 radical (unpaired) electrons. The molecule has 0 aromatic carbocycles. The Hall–Kier alpha value is -2.11. The Morgan fingerprint density at radius 1 is 1.53 bits per heavy atom. The van der Waals surface area contributed by atoms with Crippen molar-refractivity contribution in [2.75, 3.05) is 17.3 Å². The minimum atomic E-state index is -0.473. The fourth-order valence-corrected chi connectivity index (χ4v) is 2.22. The molecule has 2 rings (SSSR count). The first-order chi connectivity index (χ1) is 8.95. The Bertz CT molecular complexity index is 528. The van der Waals surface area contributed by atoms with Gasteiger partial charge in [-0.1, -0.05) is 0 Å². The number of methoxy groups -OCH3 is 1. The lowest BCUT2D eigenvalue weighted by atomic mass is 10.1. The van der Waals surface area contributed by atoms with Crippen molar-refractivity contribution < 1.29 is 14.3 Å². The highest BCUT2D eigenvalue weighted by atomic mass is 16.5. The highest BCUT2D eigenvalue weighted by molar-refractivity contribution is 6.04. The number of aromatic nitrogens is 1. The summed E-state index contributed by atoms with van der Waals surface area (Å²) in [7, 11) is 1.31. The van der Waals surface area contributed by atoms with Crippen molar-refractivity contribution in [2.24, 2.45) is 0 Å². The largest absolute Gasteiger partial charge is 0.465 e. The van der Waals surface area contributed by atoms with E-state index in [2.05, 4.69) is 15.0 Å². The first-order valence-corrected chi connectivity index (χ1v) is 6.13. The molecule has 0 spiro atoms. The maximum atomic E-state index is 11.9. The third-order valence-electron chi connectivity index (χ3n) is 3.14. The molecule has 1 aromatic rings. The van der Waals surface area contributed by atoms with Crippen LogP contribution < -0.4 is 10.2 Å². The van der Waals surface area contributed by atoms with Crippen molar-refractivity contribution in [3.05, 3.63) is 17.8 Å². The molecule has 1 atom stereocenters. The van der Waals surface area contributed by atoms with Crippen molar-refractivity contribution in [1.29, 1.82) is 0 Å². The molecule has 1 aliphatic heterocycles. The summed E-state index contributed by atoms with van der Waals surface area (Å²) in [6, 6.07) is 1.44. The third kappa shape index (κ3) is 2.25. The molecule has 0 fully saturated rings. The maximum Gasteiger partial charge on any atom is 0.339 e. The second kappa shape index (κ2) is 4.87. The first kappa shape index (κ1) is 13.3. The van der Waals surface area contributed by atoms with Gasteiger partial charge in [-0.25, -0.2) is 9.78 Å². The van der Waals surface area contributed by atoms with Gasteiger partial charge in [-0.05, 0) is 26.8 Å². The van der Waals surface area contributed by atoms with E-state index in [1.807, 2.05) is 25.7 Å².